The average molecular weight is 349 g/mol. The van der Waals surface area contributed by atoms with Crippen molar-refractivity contribution in [3.05, 3.63) is 70.0 Å². The van der Waals surface area contributed by atoms with Crippen LogP contribution in [-0.4, -0.2) is 15.2 Å². The fourth-order valence-electron chi connectivity index (χ4n) is 2.05. The van der Waals surface area contributed by atoms with E-state index in [2.05, 4.69) is 20.5 Å². The first-order chi connectivity index (χ1) is 11.2. The fourth-order valence-corrected chi connectivity index (χ4v) is 2.55. The molecule has 2 aromatic carbocycles. The molecule has 7 heteroatoms. The second-order valence-electron chi connectivity index (χ2n) is 4.82. The second-order valence-corrected chi connectivity index (χ2v) is 5.64. The number of hydrogen-bond acceptors (Lipinski definition) is 4. The van der Waals surface area contributed by atoms with Crippen molar-refractivity contribution in [2.24, 2.45) is 0 Å². The highest BCUT2D eigenvalue weighted by Crippen LogP contribution is 2.26. The van der Waals surface area contributed by atoms with Gasteiger partial charge in [-0.2, -0.15) is 5.10 Å². The van der Waals surface area contributed by atoms with Crippen LogP contribution in [0.2, 0.25) is 10.0 Å². The molecule has 0 spiro atoms. The maximum atomic E-state index is 6.14. The van der Waals surface area contributed by atoms with Gasteiger partial charge in [-0.15, -0.1) is 0 Å². The topological polar surface area (TPSA) is 62.8 Å². The van der Waals surface area contributed by atoms with E-state index in [9.17, 15) is 0 Å². The molecular weight excluding hydrogens is 335 g/mol. The summed E-state index contributed by atoms with van der Waals surface area (Å²) in [6, 6.07) is 13.2. The molecule has 0 aliphatic rings. The van der Waals surface area contributed by atoms with Crippen LogP contribution in [0, 0.1) is 0 Å². The third-order valence-corrected chi connectivity index (χ3v) is 3.93. The van der Waals surface area contributed by atoms with Gasteiger partial charge in [0, 0.05) is 22.2 Å². The Kier molecular flexibility index (Phi) is 5.00. The van der Waals surface area contributed by atoms with Gasteiger partial charge in [-0.05, 0) is 29.8 Å². The van der Waals surface area contributed by atoms with Crippen molar-refractivity contribution in [2.75, 3.05) is 5.32 Å². The van der Waals surface area contributed by atoms with E-state index in [0.717, 1.165) is 16.9 Å². The number of benzene rings is 2. The van der Waals surface area contributed by atoms with Gasteiger partial charge >= 0.3 is 0 Å². The van der Waals surface area contributed by atoms with E-state index in [4.69, 9.17) is 27.9 Å². The van der Waals surface area contributed by atoms with Crippen molar-refractivity contribution >= 4 is 29.2 Å². The van der Waals surface area contributed by atoms with Crippen LogP contribution in [-0.2, 0) is 13.2 Å². The fraction of sp³-hybridized carbons (Fsp3) is 0.125. The number of nitrogens with one attached hydrogen (secondary N) is 2. The maximum absolute atomic E-state index is 6.14. The van der Waals surface area contributed by atoms with Gasteiger partial charge < -0.3 is 10.1 Å². The van der Waals surface area contributed by atoms with Crippen LogP contribution in [0.25, 0.3) is 0 Å². The molecule has 23 heavy (non-hydrogen) atoms. The summed E-state index contributed by atoms with van der Waals surface area (Å²) in [5, 5.41) is 10.9. The van der Waals surface area contributed by atoms with Crippen LogP contribution in [0.5, 0.6) is 5.75 Å². The molecule has 2 N–H and O–H groups in total. The Labute approximate surface area is 143 Å². The second kappa shape index (κ2) is 7.35. The summed E-state index contributed by atoms with van der Waals surface area (Å²) in [5.74, 6) is 1.37. The largest absolute Gasteiger partial charge is 0.489 e. The third-order valence-electron chi connectivity index (χ3n) is 3.22. The van der Waals surface area contributed by atoms with Crippen LogP contribution < -0.4 is 10.1 Å². The zero-order valence-electron chi connectivity index (χ0n) is 12.1. The Morgan fingerprint density at radius 1 is 1.09 bits per heavy atom. The van der Waals surface area contributed by atoms with Gasteiger partial charge in [0.2, 0.25) is 5.95 Å². The molecule has 0 aliphatic heterocycles. The van der Waals surface area contributed by atoms with E-state index in [1.807, 2.05) is 30.3 Å². The van der Waals surface area contributed by atoms with Gasteiger partial charge in [0.1, 0.15) is 18.7 Å². The Morgan fingerprint density at radius 3 is 2.61 bits per heavy atom. The number of anilines is 1. The molecule has 0 saturated heterocycles. The molecule has 0 fully saturated rings. The van der Waals surface area contributed by atoms with Gasteiger partial charge in [0.15, 0.2) is 0 Å². The molecule has 0 bridgehead atoms. The van der Waals surface area contributed by atoms with Crippen molar-refractivity contribution < 1.29 is 4.74 Å². The van der Waals surface area contributed by atoms with Gasteiger partial charge in [-0.1, -0.05) is 41.4 Å². The molecule has 5 nitrogen and oxygen atoms in total. The van der Waals surface area contributed by atoms with Crippen LogP contribution in [0.15, 0.2) is 48.8 Å². The van der Waals surface area contributed by atoms with Crippen molar-refractivity contribution in [1.82, 2.24) is 15.2 Å². The van der Waals surface area contributed by atoms with Crippen molar-refractivity contribution in [1.29, 1.82) is 0 Å². The highest BCUT2D eigenvalue weighted by atomic mass is 35.5. The van der Waals surface area contributed by atoms with Crippen molar-refractivity contribution in [3.63, 3.8) is 0 Å². The monoisotopic (exact) mass is 348 g/mol. The lowest BCUT2D eigenvalue weighted by atomic mass is 10.2. The first-order valence-corrected chi connectivity index (χ1v) is 7.72. The highest BCUT2D eigenvalue weighted by molar-refractivity contribution is 6.35. The highest BCUT2D eigenvalue weighted by Gasteiger charge is 2.06. The van der Waals surface area contributed by atoms with E-state index in [1.165, 1.54) is 6.33 Å². The van der Waals surface area contributed by atoms with Crippen molar-refractivity contribution in [3.8, 4) is 5.75 Å². The molecule has 3 rings (SSSR count). The molecule has 1 heterocycles. The number of ether oxygens (including phenoxy) is 1. The zero-order chi connectivity index (χ0) is 16.1. The summed E-state index contributed by atoms with van der Waals surface area (Å²) in [4.78, 5) is 4.01. The summed E-state index contributed by atoms with van der Waals surface area (Å²) >= 11 is 12.3. The molecule has 0 aliphatic carbocycles. The van der Waals surface area contributed by atoms with Crippen LogP contribution >= 0.6 is 23.2 Å². The maximum Gasteiger partial charge on any atom is 0.218 e. The Morgan fingerprint density at radius 2 is 1.87 bits per heavy atom. The van der Waals surface area contributed by atoms with Crippen molar-refractivity contribution in [2.45, 2.75) is 13.2 Å². The number of nitrogens with zero attached hydrogens (tertiary/aromatic N) is 2. The van der Waals surface area contributed by atoms with E-state index >= 15 is 0 Å². The molecular formula is C16H14Cl2N4O. The van der Waals surface area contributed by atoms with Gasteiger partial charge in [0.05, 0.1) is 0 Å². The van der Waals surface area contributed by atoms with Gasteiger partial charge in [-0.3, -0.25) is 0 Å². The summed E-state index contributed by atoms with van der Waals surface area (Å²) < 4.78 is 5.80. The summed E-state index contributed by atoms with van der Waals surface area (Å²) in [6.45, 7) is 0.927. The lowest BCUT2D eigenvalue weighted by Gasteiger charge is -2.11. The minimum atomic E-state index is 0.317. The predicted molar refractivity (Wildman–Crippen MR) is 90.9 cm³/mol. The lowest BCUT2D eigenvalue weighted by molar-refractivity contribution is 0.306. The quantitative estimate of drug-likeness (QED) is 0.696. The Balaban J connectivity index is 1.63. The van der Waals surface area contributed by atoms with E-state index in [0.29, 0.717) is 29.1 Å². The standard InChI is InChI=1S/C16H14Cl2N4O/c17-14-5-2-6-15(18)13(14)9-23-12-4-1-3-11(7-12)8-19-16-20-10-21-22-16/h1-7,10H,8-9H2,(H2,19,20,21,22). The molecule has 1 aromatic heterocycles. The van der Waals surface area contributed by atoms with Crippen LogP contribution in [0.4, 0.5) is 5.95 Å². The molecule has 0 amide bonds. The third kappa shape index (κ3) is 4.15. The van der Waals surface area contributed by atoms with Crippen LogP contribution in [0.3, 0.4) is 0 Å². The molecule has 0 atom stereocenters. The molecule has 3 aromatic rings. The van der Waals surface area contributed by atoms with Crippen LogP contribution in [0.1, 0.15) is 11.1 Å². The molecule has 0 saturated carbocycles. The minimum Gasteiger partial charge on any atom is -0.489 e. The predicted octanol–water partition coefficient (Wildman–Crippen LogP) is 4.30. The SMILES string of the molecule is Clc1cccc(Cl)c1COc1cccc(CNc2ncn[nH]2)c1. The molecule has 0 unspecified atom stereocenters. The van der Waals surface area contributed by atoms with E-state index in [1.54, 1.807) is 12.1 Å². The average Bonchev–Trinajstić information content (AvgIpc) is 3.06. The zero-order valence-corrected chi connectivity index (χ0v) is 13.6. The number of halogens is 2. The number of rotatable bonds is 6. The number of aromatic amines is 1. The molecule has 118 valence electrons. The number of aromatic nitrogens is 3. The van der Waals surface area contributed by atoms with E-state index < -0.39 is 0 Å². The summed E-state index contributed by atoms with van der Waals surface area (Å²) in [5.41, 5.74) is 1.84. The summed E-state index contributed by atoms with van der Waals surface area (Å²) in [7, 11) is 0. The lowest BCUT2D eigenvalue weighted by Crippen LogP contribution is -2.02. The molecule has 0 radical (unpaired) electrons. The van der Waals surface area contributed by atoms with Gasteiger partial charge in [0.25, 0.3) is 0 Å². The number of H-pyrrole nitrogens is 1. The minimum absolute atomic E-state index is 0.317. The first-order valence-electron chi connectivity index (χ1n) is 6.96. The van der Waals surface area contributed by atoms with E-state index in [-0.39, 0.29) is 0 Å². The Hall–Kier alpha value is -2.24. The first kappa shape index (κ1) is 15.6. The Bertz CT molecular complexity index is 757. The normalized spacial score (nSPS) is 10.5. The number of hydrogen-bond donors (Lipinski definition) is 2. The van der Waals surface area contributed by atoms with Gasteiger partial charge in [-0.25, -0.2) is 10.1 Å². The smallest absolute Gasteiger partial charge is 0.218 e. The summed E-state index contributed by atoms with van der Waals surface area (Å²) in [6.07, 6.45) is 1.45.